The molecule has 3 N–H and O–H groups in total. The second-order valence-electron chi connectivity index (χ2n) is 5.48. The van der Waals surface area contributed by atoms with Crippen molar-refractivity contribution in [2.45, 2.75) is 13.5 Å². The van der Waals surface area contributed by atoms with E-state index in [1.807, 2.05) is 42.5 Å². The molecule has 1 aromatic heterocycles. The SMILES string of the molecule is CCn1c(C#Cc2ccc(NC=O)cc2)c(N)c2ccc(OC)cc21. The van der Waals surface area contributed by atoms with Gasteiger partial charge in [0.2, 0.25) is 6.41 Å². The summed E-state index contributed by atoms with van der Waals surface area (Å²) in [4.78, 5) is 10.4. The predicted molar refractivity (Wildman–Crippen MR) is 101 cm³/mol. The van der Waals surface area contributed by atoms with E-state index >= 15 is 0 Å². The third-order valence-corrected chi connectivity index (χ3v) is 4.06. The van der Waals surface area contributed by atoms with Crippen molar-refractivity contribution in [3.63, 3.8) is 0 Å². The first-order chi connectivity index (χ1) is 12.2. The summed E-state index contributed by atoms with van der Waals surface area (Å²) >= 11 is 0. The number of anilines is 2. The van der Waals surface area contributed by atoms with Crippen molar-refractivity contribution >= 4 is 28.7 Å². The lowest BCUT2D eigenvalue weighted by molar-refractivity contribution is -0.105. The average Bonchev–Trinajstić information content (AvgIpc) is 2.92. The minimum atomic E-state index is 0.648. The van der Waals surface area contributed by atoms with Gasteiger partial charge in [-0.3, -0.25) is 4.79 Å². The lowest BCUT2D eigenvalue weighted by atomic mass is 10.2. The molecule has 1 amide bonds. The summed E-state index contributed by atoms with van der Waals surface area (Å²) in [7, 11) is 1.65. The van der Waals surface area contributed by atoms with Crippen LogP contribution >= 0.6 is 0 Å². The molecule has 0 radical (unpaired) electrons. The molecule has 0 saturated carbocycles. The zero-order valence-electron chi connectivity index (χ0n) is 14.2. The highest BCUT2D eigenvalue weighted by molar-refractivity contribution is 5.96. The van der Waals surface area contributed by atoms with Crippen molar-refractivity contribution in [3.05, 3.63) is 53.7 Å². The quantitative estimate of drug-likeness (QED) is 0.569. The van der Waals surface area contributed by atoms with E-state index in [4.69, 9.17) is 10.5 Å². The Hall–Kier alpha value is -3.39. The fourth-order valence-corrected chi connectivity index (χ4v) is 2.80. The highest BCUT2D eigenvalue weighted by atomic mass is 16.5. The van der Waals surface area contributed by atoms with E-state index in [0.717, 1.165) is 40.1 Å². The van der Waals surface area contributed by atoms with Crippen LogP contribution in [-0.2, 0) is 11.3 Å². The van der Waals surface area contributed by atoms with Gasteiger partial charge in [0.1, 0.15) is 11.4 Å². The molecule has 25 heavy (non-hydrogen) atoms. The third-order valence-electron chi connectivity index (χ3n) is 4.06. The minimum Gasteiger partial charge on any atom is -0.497 e. The zero-order valence-corrected chi connectivity index (χ0v) is 14.2. The van der Waals surface area contributed by atoms with Gasteiger partial charge < -0.3 is 20.4 Å². The van der Waals surface area contributed by atoms with Crippen molar-refractivity contribution in [2.75, 3.05) is 18.2 Å². The number of carbonyl (C=O) groups excluding carboxylic acids is 1. The first kappa shape index (κ1) is 16.5. The number of rotatable bonds is 4. The van der Waals surface area contributed by atoms with Crippen LogP contribution < -0.4 is 15.8 Å². The van der Waals surface area contributed by atoms with Crippen LogP contribution in [0.25, 0.3) is 10.9 Å². The molecule has 1 heterocycles. The number of nitrogens with two attached hydrogens (primary N) is 1. The summed E-state index contributed by atoms with van der Waals surface area (Å²) in [6, 6.07) is 13.2. The van der Waals surface area contributed by atoms with Crippen LogP contribution in [0.3, 0.4) is 0 Å². The van der Waals surface area contributed by atoms with E-state index in [-0.39, 0.29) is 0 Å². The summed E-state index contributed by atoms with van der Waals surface area (Å²) < 4.78 is 7.40. The van der Waals surface area contributed by atoms with Gasteiger partial charge in [-0.1, -0.05) is 5.92 Å². The molecular weight excluding hydrogens is 314 g/mol. The molecule has 0 aliphatic heterocycles. The lowest BCUT2D eigenvalue weighted by Crippen LogP contribution is -1.99. The molecule has 0 saturated heterocycles. The Bertz CT molecular complexity index is 976. The average molecular weight is 333 g/mol. The molecule has 5 nitrogen and oxygen atoms in total. The lowest BCUT2D eigenvalue weighted by Gasteiger charge is -2.04. The van der Waals surface area contributed by atoms with E-state index in [9.17, 15) is 4.79 Å². The molecule has 0 bridgehead atoms. The summed E-state index contributed by atoms with van der Waals surface area (Å²) in [5.74, 6) is 7.11. The molecule has 5 heteroatoms. The Morgan fingerprint density at radius 1 is 1.20 bits per heavy atom. The number of nitrogen functional groups attached to an aromatic ring is 1. The fourth-order valence-electron chi connectivity index (χ4n) is 2.80. The molecule has 0 aliphatic carbocycles. The number of aromatic nitrogens is 1. The normalized spacial score (nSPS) is 10.2. The van der Waals surface area contributed by atoms with Gasteiger partial charge in [-0.2, -0.15) is 0 Å². The van der Waals surface area contributed by atoms with E-state index in [2.05, 4.69) is 28.6 Å². The van der Waals surface area contributed by atoms with Gasteiger partial charge in [-0.25, -0.2) is 0 Å². The maximum absolute atomic E-state index is 10.4. The van der Waals surface area contributed by atoms with E-state index in [1.54, 1.807) is 7.11 Å². The monoisotopic (exact) mass is 333 g/mol. The Kier molecular flexibility index (Phi) is 4.62. The van der Waals surface area contributed by atoms with Crippen LogP contribution in [0.1, 0.15) is 18.2 Å². The maximum Gasteiger partial charge on any atom is 0.211 e. The van der Waals surface area contributed by atoms with Gasteiger partial charge in [-0.05, 0) is 49.2 Å². The van der Waals surface area contributed by atoms with Crippen LogP contribution in [0.2, 0.25) is 0 Å². The number of nitrogens with one attached hydrogen (secondary N) is 1. The number of aryl methyl sites for hydroxylation is 1. The van der Waals surface area contributed by atoms with Crippen molar-refractivity contribution in [3.8, 4) is 17.6 Å². The van der Waals surface area contributed by atoms with Gasteiger partial charge >= 0.3 is 0 Å². The van der Waals surface area contributed by atoms with Gasteiger partial charge in [0.05, 0.1) is 18.3 Å². The summed E-state index contributed by atoms with van der Waals surface area (Å²) in [5, 5.41) is 3.57. The van der Waals surface area contributed by atoms with Gasteiger partial charge in [0, 0.05) is 29.2 Å². The molecular formula is C20H19N3O2. The Morgan fingerprint density at radius 3 is 2.60 bits per heavy atom. The first-order valence-corrected chi connectivity index (χ1v) is 7.96. The molecule has 3 aromatic rings. The maximum atomic E-state index is 10.4. The molecule has 2 aromatic carbocycles. The number of fused-ring (bicyclic) bond motifs is 1. The molecule has 0 atom stereocenters. The van der Waals surface area contributed by atoms with Crippen LogP contribution in [-0.4, -0.2) is 18.1 Å². The van der Waals surface area contributed by atoms with E-state index in [0.29, 0.717) is 12.1 Å². The highest BCUT2D eigenvalue weighted by Crippen LogP contribution is 2.31. The van der Waals surface area contributed by atoms with Crippen LogP contribution in [0, 0.1) is 11.8 Å². The number of amides is 1. The molecule has 0 unspecified atom stereocenters. The summed E-state index contributed by atoms with van der Waals surface area (Å²) in [6.07, 6.45) is 0.648. The topological polar surface area (TPSA) is 69.3 Å². The zero-order chi connectivity index (χ0) is 17.8. The van der Waals surface area contributed by atoms with Crippen molar-refractivity contribution < 1.29 is 9.53 Å². The predicted octanol–water partition coefficient (Wildman–Crippen LogP) is 3.22. The number of carbonyl (C=O) groups is 1. The van der Waals surface area contributed by atoms with Gasteiger partial charge in [0.25, 0.3) is 0 Å². The number of methoxy groups -OCH3 is 1. The summed E-state index contributed by atoms with van der Waals surface area (Å²) in [5.41, 5.74) is 10.4. The third kappa shape index (κ3) is 3.15. The van der Waals surface area contributed by atoms with Crippen LogP contribution in [0.15, 0.2) is 42.5 Å². The van der Waals surface area contributed by atoms with E-state index in [1.165, 1.54) is 0 Å². The van der Waals surface area contributed by atoms with Crippen LogP contribution in [0.5, 0.6) is 5.75 Å². The standard InChI is InChI=1S/C20H19N3O2/c1-3-23-18(11-6-14-4-7-15(8-5-14)22-13-24)20(21)17-10-9-16(25-2)12-19(17)23/h4-5,7-10,12-13H,3,21H2,1-2H3,(H,22,24). The number of hydrogen-bond acceptors (Lipinski definition) is 3. The molecule has 126 valence electrons. The largest absolute Gasteiger partial charge is 0.497 e. The van der Waals surface area contributed by atoms with Gasteiger partial charge in [-0.15, -0.1) is 0 Å². The minimum absolute atomic E-state index is 0.648. The second kappa shape index (κ2) is 7.02. The molecule has 0 fully saturated rings. The summed E-state index contributed by atoms with van der Waals surface area (Å²) in [6.45, 7) is 2.82. The van der Waals surface area contributed by atoms with Gasteiger partial charge in [0.15, 0.2) is 0 Å². The number of hydrogen-bond donors (Lipinski definition) is 2. The fraction of sp³-hybridized carbons (Fsp3) is 0.150. The Balaban J connectivity index is 2.04. The van der Waals surface area contributed by atoms with Crippen LogP contribution in [0.4, 0.5) is 11.4 Å². The number of benzene rings is 2. The number of ether oxygens (including phenoxy) is 1. The number of nitrogens with zero attached hydrogens (tertiary/aromatic N) is 1. The molecule has 0 aliphatic rings. The Morgan fingerprint density at radius 2 is 1.96 bits per heavy atom. The van der Waals surface area contributed by atoms with Crippen molar-refractivity contribution in [1.29, 1.82) is 0 Å². The second-order valence-corrected chi connectivity index (χ2v) is 5.48. The van der Waals surface area contributed by atoms with Crippen molar-refractivity contribution in [1.82, 2.24) is 4.57 Å². The highest BCUT2D eigenvalue weighted by Gasteiger charge is 2.13. The van der Waals surface area contributed by atoms with Crippen molar-refractivity contribution in [2.24, 2.45) is 0 Å². The van der Waals surface area contributed by atoms with E-state index < -0.39 is 0 Å². The molecule has 3 rings (SSSR count). The first-order valence-electron chi connectivity index (χ1n) is 7.96. The smallest absolute Gasteiger partial charge is 0.211 e. The Labute approximate surface area is 146 Å². The molecule has 0 spiro atoms.